The molecule has 0 amide bonds. The topological polar surface area (TPSA) is 46.5 Å². The summed E-state index contributed by atoms with van der Waals surface area (Å²) < 4.78 is 5.83. The summed E-state index contributed by atoms with van der Waals surface area (Å²) in [6.45, 7) is 3.00. The summed E-state index contributed by atoms with van der Waals surface area (Å²) >= 11 is 0. The summed E-state index contributed by atoms with van der Waals surface area (Å²) in [5, 5.41) is 8.61. The van der Waals surface area contributed by atoms with E-state index in [0.717, 1.165) is 49.9 Å². The van der Waals surface area contributed by atoms with Crippen molar-refractivity contribution in [2.45, 2.75) is 96.3 Å². The Morgan fingerprint density at radius 2 is 1.67 bits per heavy atom. The first-order valence-corrected chi connectivity index (χ1v) is 11.1. The summed E-state index contributed by atoms with van der Waals surface area (Å²) in [5.74, 6) is 1.95. The van der Waals surface area contributed by atoms with Gasteiger partial charge in [0.2, 0.25) is 0 Å². The van der Waals surface area contributed by atoms with E-state index in [9.17, 15) is 4.79 Å². The molecule has 3 heteroatoms. The van der Waals surface area contributed by atoms with Gasteiger partial charge in [0.05, 0.1) is 6.61 Å². The van der Waals surface area contributed by atoms with Crippen LogP contribution in [0.4, 0.5) is 0 Å². The van der Waals surface area contributed by atoms with Gasteiger partial charge in [-0.2, -0.15) is 0 Å². The van der Waals surface area contributed by atoms with Gasteiger partial charge in [-0.25, -0.2) is 0 Å². The molecule has 0 aromatic heterocycles. The van der Waals surface area contributed by atoms with Crippen LogP contribution in [0.2, 0.25) is 0 Å². The Morgan fingerprint density at radius 1 is 0.963 bits per heavy atom. The molecule has 0 radical (unpaired) electrons. The summed E-state index contributed by atoms with van der Waals surface area (Å²) in [4.78, 5) is 10.5. The molecular weight excluding hydrogens is 336 g/mol. The molecule has 0 unspecified atom stereocenters. The second-order valence-electron chi connectivity index (χ2n) is 8.19. The van der Waals surface area contributed by atoms with E-state index in [0.29, 0.717) is 0 Å². The van der Waals surface area contributed by atoms with Crippen molar-refractivity contribution in [3.8, 4) is 5.75 Å². The first-order valence-electron chi connectivity index (χ1n) is 11.1. The Kier molecular flexibility index (Phi) is 10.3. The van der Waals surface area contributed by atoms with Crippen LogP contribution in [0.5, 0.6) is 5.75 Å². The number of rotatable bonds is 13. The average molecular weight is 375 g/mol. The van der Waals surface area contributed by atoms with Crippen LogP contribution in [0, 0.1) is 5.92 Å². The predicted octanol–water partition coefficient (Wildman–Crippen LogP) is 6.95. The Bertz CT molecular complexity index is 515. The highest BCUT2D eigenvalue weighted by molar-refractivity contribution is 5.66. The average Bonchev–Trinajstić information content (AvgIpc) is 2.68. The van der Waals surface area contributed by atoms with E-state index in [1.807, 2.05) is 0 Å². The lowest BCUT2D eigenvalue weighted by Gasteiger charge is -2.29. The third-order valence-corrected chi connectivity index (χ3v) is 5.97. The lowest BCUT2D eigenvalue weighted by atomic mass is 9.77. The highest BCUT2D eigenvalue weighted by Crippen LogP contribution is 2.38. The van der Waals surface area contributed by atoms with Crippen LogP contribution in [0.25, 0.3) is 0 Å². The number of ether oxygens (including phenoxy) is 1. The van der Waals surface area contributed by atoms with Crippen LogP contribution < -0.4 is 4.74 Å². The SMILES string of the molecule is CCCCCC1CCC(c2ccc(OCCCCCCC(=O)O)cc2)CC1. The summed E-state index contributed by atoms with van der Waals surface area (Å²) in [7, 11) is 0. The Labute approximate surface area is 165 Å². The number of carboxylic acids is 1. The van der Waals surface area contributed by atoms with Crippen LogP contribution in [0.1, 0.15) is 102 Å². The van der Waals surface area contributed by atoms with E-state index >= 15 is 0 Å². The van der Waals surface area contributed by atoms with Crippen molar-refractivity contribution in [3.05, 3.63) is 29.8 Å². The zero-order valence-electron chi connectivity index (χ0n) is 17.1. The summed E-state index contributed by atoms with van der Waals surface area (Å²) in [6, 6.07) is 8.74. The van der Waals surface area contributed by atoms with Gasteiger partial charge in [0.1, 0.15) is 5.75 Å². The standard InChI is InChI=1S/C24H38O3/c1-2-3-6-9-20-11-13-21(14-12-20)22-15-17-23(18-16-22)27-19-8-5-4-7-10-24(25)26/h15-18,20-21H,2-14,19H2,1H3,(H,25,26). The maximum atomic E-state index is 10.5. The molecule has 0 heterocycles. The van der Waals surface area contributed by atoms with E-state index in [1.54, 1.807) is 0 Å². The number of hydrogen-bond acceptors (Lipinski definition) is 2. The molecule has 1 aliphatic rings. The number of carbonyl (C=O) groups is 1. The lowest BCUT2D eigenvalue weighted by Crippen LogP contribution is -2.13. The molecule has 2 rings (SSSR count). The zero-order chi connectivity index (χ0) is 19.3. The molecule has 1 saturated carbocycles. The van der Waals surface area contributed by atoms with Crippen LogP contribution >= 0.6 is 0 Å². The van der Waals surface area contributed by atoms with Crippen molar-refractivity contribution in [2.75, 3.05) is 6.61 Å². The van der Waals surface area contributed by atoms with E-state index in [1.165, 1.54) is 56.9 Å². The van der Waals surface area contributed by atoms with Crippen molar-refractivity contribution in [1.29, 1.82) is 0 Å². The quantitative estimate of drug-likeness (QED) is 0.380. The zero-order valence-corrected chi connectivity index (χ0v) is 17.1. The molecule has 1 aliphatic carbocycles. The van der Waals surface area contributed by atoms with Gasteiger partial charge in [-0.3, -0.25) is 4.79 Å². The molecule has 3 nitrogen and oxygen atoms in total. The first kappa shape index (κ1) is 21.8. The molecule has 152 valence electrons. The number of benzene rings is 1. The molecule has 27 heavy (non-hydrogen) atoms. The van der Waals surface area contributed by atoms with E-state index in [4.69, 9.17) is 9.84 Å². The predicted molar refractivity (Wildman–Crippen MR) is 111 cm³/mol. The van der Waals surface area contributed by atoms with Gasteiger partial charge in [-0.15, -0.1) is 0 Å². The molecule has 1 aromatic carbocycles. The lowest BCUT2D eigenvalue weighted by molar-refractivity contribution is -0.137. The van der Waals surface area contributed by atoms with E-state index in [2.05, 4.69) is 31.2 Å². The number of hydrogen-bond donors (Lipinski definition) is 1. The van der Waals surface area contributed by atoms with Crippen LogP contribution in [0.15, 0.2) is 24.3 Å². The third kappa shape index (κ3) is 8.81. The van der Waals surface area contributed by atoms with Crippen molar-refractivity contribution in [3.63, 3.8) is 0 Å². The minimum atomic E-state index is -0.698. The molecule has 0 saturated heterocycles. The van der Waals surface area contributed by atoms with E-state index in [-0.39, 0.29) is 6.42 Å². The second-order valence-corrected chi connectivity index (χ2v) is 8.19. The molecule has 0 spiro atoms. The third-order valence-electron chi connectivity index (χ3n) is 5.97. The fourth-order valence-corrected chi connectivity index (χ4v) is 4.23. The normalized spacial score (nSPS) is 19.7. The van der Waals surface area contributed by atoms with Crippen LogP contribution in [-0.2, 0) is 4.79 Å². The van der Waals surface area contributed by atoms with Crippen molar-refractivity contribution >= 4 is 5.97 Å². The monoisotopic (exact) mass is 374 g/mol. The number of carboxylic acid groups (broad SMARTS) is 1. The van der Waals surface area contributed by atoms with Crippen LogP contribution in [-0.4, -0.2) is 17.7 Å². The first-order chi connectivity index (χ1) is 13.2. The summed E-state index contributed by atoms with van der Waals surface area (Å²) in [6.07, 6.45) is 15.1. The Balaban J connectivity index is 1.60. The van der Waals surface area contributed by atoms with Gasteiger partial charge in [-0.05, 0) is 68.1 Å². The molecular formula is C24H38O3. The second kappa shape index (κ2) is 12.8. The highest BCUT2D eigenvalue weighted by Gasteiger charge is 2.21. The maximum absolute atomic E-state index is 10.5. The molecule has 0 atom stereocenters. The number of unbranched alkanes of at least 4 members (excludes halogenated alkanes) is 5. The van der Waals surface area contributed by atoms with Gasteiger partial charge in [0.15, 0.2) is 0 Å². The molecule has 1 fully saturated rings. The molecule has 1 aromatic rings. The van der Waals surface area contributed by atoms with Gasteiger partial charge in [-0.1, -0.05) is 57.6 Å². The van der Waals surface area contributed by atoms with Crippen LogP contribution in [0.3, 0.4) is 0 Å². The van der Waals surface area contributed by atoms with Gasteiger partial charge in [0.25, 0.3) is 0 Å². The van der Waals surface area contributed by atoms with Gasteiger partial charge < -0.3 is 9.84 Å². The molecule has 1 N–H and O–H groups in total. The van der Waals surface area contributed by atoms with Gasteiger partial charge >= 0.3 is 5.97 Å². The van der Waals surface area contributed by atoms with Crippen molar-refractivity contribution < 1.29 is 14.6 Å². The highest BCUT2D eigenvalue weighted by atomic mass is 16.5. The maximum Gasteiger partial charge on any atom is 0.303 e. The van der Waals surface area contributed by atoms with Crippen molar-refractivity contribution in [2.24, 2.45) is 5.92 Å². The molecule has 0 bridgehead atoms. The summed E-state index contributed by atoms with van der Waals surface area (Å²) in [5.41, 5.74) is 1.48. The number of aliphatic carboxylic acids is 1. The Hall–Kier alpha value is -1.51. The largest absolute Gasteiger partial charge is 0.494 e. The fraction of sp³-hybridized carbons (Fsp3) is 0.708. The van der Waals surface area contributed by atoms with E-state index < -0.39 is 5.97 Å². The minimum absolute atomic E-state index is 0.281. The smallest absolute Gasteiger partial charge is 0.303 e. The molecule has 0 aliphatic heterocycles. The fourth-order valence-electron chi connectivity index (χ4n) is 4.23. The Morgan fingerprint density at radius 3 is 2.33 bits per heavy atom. The van der Waals surface area contributed by atoms with Gasteiger partial charge in [0, 0.05) is 6.42 Å². The minimum Gasteiger partial charge on any atom is -0.494 e. The van der Waals surface area contributed by atoms with Crippen molar-refractivity contribution in [1.82, 2.24) is 0 Å².